The summed E-state index contributed by atoms with van der Waals surface area (Å²) in [7, 11) is 0. The van der Waals surface area contributed by atoms with Crippen molar-refractivity contribution >= 4 is 34.1 Å². The lowest BCUT2D eigenvalue weighted by molar-refractivity contribution is -0.116. The first-order valence-corrected chi connectivity index (χ1v) is 9.68. The van der Waals surface area contributed by atoms with E-state index in [-0.39, 0.29) is 5.91 Å². The summed E-state index contributed by atoms with van der Waals surface area (Å²) in [6.45, 7) is 4.15. The van der Waals surface area contributed by atoms with Crippen molar-refractivity contribution in [3.8, 4) is 0 Å². The Labute approximate surface area is 143 Å². The predicted octanol–water partition coefficient (Wildman–Crippen LogP) is 2.91. The average Bonchev–Trinajstić information content (AvgIpc) is 3.26. The first-order chi connectivity index (χ1) is 11.2. The molecule has 7 nitrogen and oxygen atoms in total. The highest BCUT2D eigenvalue weighted by Gasteiger charge is 2.22. The van der Waals surface area contributed by atoms with Crippen LogP contribution < -0.4 is 4.90 Å². The summed E-state index contributed by atoms with van der Waals surface area (Å²) >= 11 is 3.10. The minimum absolute atomic E-state index is 0.0197. The van der Waals surface area contributed by atoms with Crippen LogP contribution >= 0.6 is 23.1 Å². The summed E-state index contributed by atoms with van der Waals surface area (Å²) in [6.07, 6.45) is 4.82. The highest BCUT2D eigenvalue weighted by atomic mass is 32.2. The van der Waals surface area contributed by atoms with Gasteiger partial charge in [0.1, 0.15) is 0 Å². The standard InChI is InChI=1S/C14H20N6OS2/c1-3-19(10(2)21)13-15-11(8-22-13)9-23-14-16-17-18-20(14)12-6-4-5-7-12/h8,12H,3-7,9H2,1-2H3. The first kappa shape index (κ1) is 16.4. The summed E-state index contributed by atoms with van der Waals surface area (Å²) in [5.74, 6) is 0.727. The largest absolute Gasteiger partial charge is 0.289 e. The highest BCUT2D eigenvalue weighted by molar-refractivity contribution is 7.98. The zero-order valence-corrected chi connectivity index (χ0v) is 14.9. The van der Waals surface area contributed by atoms with Gasteiger partial charge in [-0.1, -0.05) is 24.6 Å². The van der Waals surface area contributed by atoms with Crippen molar-refractivity contribution < 1.29 is 4.79 Å². The lowest BCUT2D eigenvalue weighted by Gasteiger charge is -2.14. The summed E-state index contributed by atoms with van der Waals surface area (Å²) in [6, 6.07) is 0.437. The van der Waals surface area contributed by atoms with Gasteiger partial charge < -0.3 is 0 Å². The van der Waals surface area contributed by atoms with Gasteiger partial charge in [0.05, 0.1) is 11.7 Å². The number of carbonyl (C=O) groups is 1. The van der Waals surface area contributed by atoms with Gasteiger partial charge in [0.15, 0.2) is 5.13 Å². The molecule has 1 aliphatic carbocycles. The smallest absolute Gasteiger partial charge is 0.225 e. The summed E-state index contributed by atoms with van der Waals surface area (Å²) in [5, 5.41) is 15.7. The average molecular weight is 352 g/mol. The van der Waals surface area contributed by atoms with Crippen LogP contribution in [-0.4, -0.2) is 37.6 Å². The molecule has 0 bridgehead atoms. The molecule has 0 unspecified atom stereocenters. The SMILES string of the molecule is CCN(C(C)=O)c1nc(CSc2nnnn2C2CCCC2)cs1. The lowest BCUT2D eigenvalue weighted by atomic mass is 10.3. The van der Waals surface area contributed by atoms with E-state index in [2.05, 4.69) is 20.5 Å². The van der Waals surface area contributed by atoms with Crippen LogP contribution in [0.15, 0.2) is 10.5 Å². The molecule has 1 aliphatic rings. The molecular weight excluding hydrogens is 332 g/mol. The summed E-state index contributed by atoms with van der Waals surface area (Å²) < 4.78 is 1.96. The quantitative estimate of drug-likeness (QED) is 0.744. The molecule has 1 fully saturated rings. The monoisotopic (exact) mass is 352 g/mol. The molecule has 0 saturated heterocycles. The molecule has 0 aromatic carbocycles. The molecule has 3 rings (SSSR count). The Morgan fingerprint density at radius 3 is 2.96 bits per heavy atom. The van der Waals surface area contributed by atoms with Gasteiger partial charge in [-0.2, -0.15) is 0 Å². The van der Waals surface area contributed by atoms with Gasteiger partial charge in [-0.3, -0.25) is 9.69 Å². The van der Waals surface area contributed by atoms with Crippen LogP contribution in [0.4, 0.5) is 5.13 Å². The maximum absolute atomic E-state index is 11.6. The Kier molecular flexibility index (Phi) is 5.27. The zero-order chi connectivity index (χ0) is 16.2. The highest BCUT2D eigenvalue weighted by Crippen LogP contribution is 2.32. The fourth-order valence-electron chi connectivity index (χ4n) is 2.78. The summed E-state index contributed by atoms with van der Waals surface area (Å²) in [4.78, 5) is 17.8. The molecule has 0 atom stereocenters. The molecule has 2 aromatic heterocycles. The second-order valence-electron chi connectivity index (χ2n) is 5.52. The van der Waals surface area contributed by atoms with Gasteiger partial charge in [0.2, 0.25) is 11.1 Å². The molecular formula is C14H20N6OS2. The number of nitrogens with zero attached hydrogens (tertiary/aromatic N) is 6. The minimum atomic E-state index is 0.0197. The number of hydrogen-bond donors (Lipinski definition) is 0. The molecule has 2 aromatic rings. The molecule has 23 heavy (non-hydrogen) atoms. The van der Waals surface area contributed by atoms with Crippen LogP contribution in [0.2, 0.25) is 0 Å². The zero-order valence-electron chi connectivity index (χ0n) is 13.3. The van der Waals surface area contributed by atoms with E-state index in [0.717, 1.165) is 28.8 Å². The van der Waals surface area contributed by atoms with Crippen molar-refractivity contribution in [1.29, 1.82) is 0 Å². The molecule has 0 aliphatic heterocycles. The normalized spacial score (nSPS) is 15.2. The van der Waals surface area contributed by atoms with E-state index in [9.17, 15) is 4.79 Å². The van der Waals surface area contributed by atoms with Crippen molar-refractivity contribution in [2.75, 3.05) is 11.4 Å². The van der Waals surface area contributed by atoms with Crippen LogP contribution in [0.3, 0.4) is 0 Å². The van der Waals surface area contributed by atoms with E-state index >= 15 is 0 Å². The second-order valence-corrected chi connectivity index (χ2v) is 7.30. The van der Waals surface area contributed by atoms with E-state index in [1.807, 2.05) is 17.0 Å². The fraction of sp³-hybridized carbons (Fsp3) is 0.643. The molecule has 1 saturated carbocycles. The third-order valence-electron chi connectivity index (χ3n) is 3.95. The van der Waals surface area contributed by atoms with Gasteiger partial charge in [-0.05, 0) is 30.2 Å². The molecule has 1 amide bonds. The van der Waals surface area contributed by atoms with Gasteiger partial charge in [0, 0.05) is 24.6 Å². The molecule has 0 N–H and O–H groups in total. The number of carbonyl (C=O) groups excluding carboxylic acids is 1. The molecule has 124 valence electrons. The number of hydrogen-bond acceptors (Lipinski definition) is 7. The maximum Gasteiger partial charge on any atom is 0.225 e. The second kappa shape index (κ2) is 7.39. The van der Waals surface area contributed by atoms with Crippen LogP contribution in [-0.2, 0) is 10.5 Å². The molecule has 0 spiro atoms. The van der Waals surface area contributed by atoms with Crippen LogP contribution in [0, 0.1) is 0 Å². The summed E-state index contributed by atoms with van der Waals surface area (Å²) in [5.41, 5.74) is 0.954. The molecule has 9 heteroatoms. The third kappa shape index (κ3) is 3.72. The first-order valence-electron chi connectivity index (χ1n) is 7.82. The lowest BCUT2D eigenvalue weighted by Crippen LogP contribution is -2.27. The Bertz CT molecular complexity index is 664. The number of thiazole rings is 1. The number of anilines is 1. The Balaban J connectivity index is 1.64. The Hall–Kier alpha value is -1.48. The van der Waals surface area contributed by atoms with Crippen molar-refractivity contribution in [3.63, 3.8) is 0 Å². The third-order valence-corrected chi connectivity index (χ3v) is 5.83. The van der Waals surface area contributed by atoms with Crippen molar-refractivity contribution in [2.45, 2.75) is 56.5 Å². The van der Waals surface area contributed by atoms with Crippen molar-refractivity contribution in [3.05, 3.63) is 11.1 Å². The van der Waals surface area contributed by atoms with E-state index in [4.69, 9.17) is 0 Å². The van der Waals surface area contributed by atoms with Crippen LogP contribution in [0.25, 0.3) is 0 Å². The molecule has 2 heterocycles. The topological polar surface area (TPSA) is 76.8 Å². The van der Waals surface area contributed by atoms with E-state index in [0.29, 0.717) is 18.3 Å². The number of amides is 1. The predicted molar refractivity (Wildman–Crippen MR) is 90.7 cm³/mol. The van der Waals surface area contributed by atoms with E-state index in [1.165, 1.54) is 24.2 Å². The van der Waals surface area contributed by atoms with Crippen molar-refractivity contribution in [1.82, 2.24) is 25.2 Å². The van der Waals surface area contributed by atoms with Gasteiger partial charge in [0.25, 0.3) is 0 Å². The Morgan fingerprint density at radius 1 is 1.48 bits per heavy atom. The number of aromatic nitrogens is 5. The van der Waals surface area contributed by atoms with Crippen molar-refractivity contribution in [2.24, 2.45) is 0 Å². The molecule has 0 radical (unpaired) electrons. The van der Waals surface area contributed by atoms with Crippen LogP contribution in [0.5, 0.6) is 0 Å². The van der Waals surface area contributed by atoms with E-state index < -0.39 is 0 Å². The number of tetrazole rings is 1. The minimum Gasteiger partial charge on any atom is -0.289 e. The fourth-order valence-corrected chi connectivity index (χ4v) is 4.65. The van der Waals surface area contributed by atoms with E-state index in [1.54, 1.807) is 23.6 Å². The van der Waals surface area contributed by atoms with Gasteiger partial charge in [-0.25, -0.2) is 9.67 Å². The number of thioether (sulfide) groups is 1. The van der Waals surface area contributed by atoms with Crippen LogP contribution in [0.1, 0.15) is 51.3 Å². The van der Waals surface area contributed by atoms with Gasteiger partial charge in [-0.15, -0.1) is 16.4 Å². The maximum atomic E-state index is 11.6. The Morgan fingerprint density at radius 2 is 2.26 bits per heavy atom. The number of rotatable bonds is 6. The van der Waals surface area contributed by atoms with Gasteiger partial charge >= 0.3 is 0 Å².